The molecular weight excluding hydrogens is 282 g/mol. The Kier molecular flexibility index (Phi) is 6.22. The van der Waals surface area contributed by atoms with Crippen LogP contribution in [0.5, 0.6) is 0 Å². The first kappa shape index (κ1) is 14.2. The van der Waals surface area contributed by atoms with E-state index < -0.39 is 0 Å². The summed E-state index contributed by atoms with van der Waals surface area (Å²) >= 11 is 3.39. The van der Waals surface area contributed by atoms with Crippen LogP contribution < -0.4 is 5.32 Å². The molecule has 3 nitrogen and oxygen atoms in total. The maximum absolute atomic E-state index is 11.7. The van der Waals surface area contributed by atoms with Gasteiger partial charge < -0.3 is 10.1 Å². The van der Waals surface area contributed by atoms with Crippen molar-refractivity contribution in [3.8, 4) is 0 Å². The van der Waals surface area contributed by atoms with Gasteiger partial charge in [0.15, 0.2) is 0 Å². The van der Waals surface area contributed by atoms with Gasteiger partial charge in [0.1, 0.15) is 0 Å². The van der Waals surface area contributed by atoms with Gasteiger partial charge in [-0.1, -0.05) is 22.0 Å². The zero-order valence-electron chi connectivity index (χ0n) is 10.3. The van der Waals surface area contributed by atoms with Crippen LogP contribution in [0.2, 0.25) is 0 Å². The second-order valence-electron chi connectivity index (χ2n) is 3.81. The summed E-state index contributed by atoms with van der Waals surface area (Å²) in [6.07, 6.45) is 1.25. The molecule has 0 aromatic heterocycles. The fourth-order valence-corrected chi connectivity index (χ4v) is 1.78. The molecule has 0 bridgehead atoms. The number of amides is 1. The molecule has 1 aromatic carbocycles. The van der Waals surface area contributed by atoms with Gasteiger partial charge in [-0.25, -0.2) is 0 Å². The number of benzene rings is 1. The zero-order valence-corrected chi connectivity index (χ0v) is 11.8. The molecule has 0 saturated heterocycles. The number of nitrogens with one attached hydrogen (secondary N) is 1. The number of hydrogen-bond acceptors (Lipinski definition) is 2. The van der Waals surface area contributed by atoms with E-state index in [-0.39, 0.29) is 5.91 Å². The number of hydrogen-bond donors (Lipinski definition) is 1. The molecule has 94 valence electrons. The Morgan fingerprint density at radius 3 is 2.94 bits per heavy atom. The van der Waals surface area contributed by atoms with E-state index in [1.165, 1.54) is 0 Å². The molecule has 0 saturated carbocycles. The quantitative estimate of drug-likeness (QED) is 0.816. The van der Waals surface area contributed by atoms with E-state index in [4.69, 9.17) is 4.74 Å². The van der Waals surface area contributed by atoms with Gasteiger partial charge in [-0.15, -0.1) is 0 Å². The normalized spacial score (nSPS) is 10.3. The predicted molar refractivity (Wildman–Crippen MR) is 73.2 cm³/mol. The van der Waals surface area contributed by atoms with Crippen LogP contribution in [0.25, 0.3) is 0 Å². The molecular formula is C13H18BrNO2. The average molecular weight is 300 g/mol. The van der Waals surface area contributed by atoms with Gasteiger partial charge in [0, 0.05) is 29.8 Å². The molecule has 0 aliphatic heterocycles. The standard InChI is InChI=1S/C13H18BrNO2/c1-3-17-8-4-5-13(16)15-12-9-11(14)7-6-10(12)2/h6-7,9H,3-5,8H2,1-2H3,(H,15,16). The van der Waals surface area contributed by atoms with Crippen molar-refractivity contribution in [2.75, 3.05) is 18.5 Å². The van der Waals surface area contributed by atoms with Crippen molar-refractivity contribution in [3.05, 3.63) is 28.2 Å². The lowest BCUT2D eigenvalue weighted by molar-refractivity contribution is -0.116. The number of rotatable bonds is 6. The van der Waals surface area contributed by atoms with E-state index in [1.54, 1.807) is 0 Å². The molecule has 1 amide bonds. The fraction of sp³-hybridized carbons (Fsp3) is 0.462. The van der Waals surface area contributed by atoms with Gasteiger partial charge in [-0.2, -0.15) is 0 Å². The average Bonchev–Trinajstić information content (AvgIpc) is 2.29. The first-order valence-electron chi connectivity index (χ1n) is 5.77. The van der Waals surface area contributed by atoms with Crippen LogP contribution in [0, 0.1) is 6.92 Å². The van der Waals surface area contributed by atoms with Gasteiger partial charge in [0.25, 0.3) is 0 Å². The van der Waals surface area contributed by atoms with Crippen molar-refractivity contribution in [2.45, 2.75) is 26.7 Å². The number of anilines is 1. The highest BCUT2D eigenvalue weighted by atomic mass is 79.9. The minimum absolute atomic E-state index is 0.0332. The predicted octanol–water partition coefficient (Wildman–Crippen LogP) is 3.51. The number of halogens is 1. The van der Waals surface area contributed by atoms with Gasteiger partial charge in [0.2, 0.25) is 5.91 Å². The second-order valence-corrected chi connectivity index (χ2v) is 4.72. The molecule has 0 aliphatic carbocycles. The third-order valence-corrected chi connectivity index (χ3v) is 2.86. The first-order chi connectivity index (χ1) is 8.13. The van der Waals surface area contributed by atoms with E-state index in [1.807, 2.05) is 32.0 Å². The van der Waals surface area contributed by atoms with Crippen molar-refractivity contribution in [1.82, 2.24) is 0 Å². The molecule has 1 aromatic rings. The highest BCUT2D eigenvalue weighted by Gasteiger charge is 2.05. The minimum atomic E-state index is 0.0332. The number of ether oxygens (including phenoxy) is 1. The Labute approximate surface area is 111 Å². The largest absolute Gasteiger partial charge is 0.382 e. The van der Waals surface area contributed by atoms with Crippen molar-refractivity contribution in [2.24, 2.45) is 0 Å². The molecule has 0 unspecified atom stereocenters. The highest BCUT2D eigenvalue weighted by Crippen LogP contribution is 2.20. The number of carbonyl (C=O) groups excluding carboxylic acids is 1. The van der Waals surface area contributed by atoms with E-state index in [9.17, 15) is 4.79 Å². The monoisotopic (exact) mass is 299 g/mol. The summed E-state index contributed by atoms with van der Waals surface area (Å²) in [5, 5.41) is 2.90. The van der Waals surface area contributed by atoms with Crippen LogP contribution in [-0.4, -0.2) is 19.1 Å². The van der Waals surface area contributed by atoms with Crippen LogP contribution in [0.1, 0.15) is 25.3 Å². The summed E-state index contributed by atoms with van der Waals surface area (Å²) in [6.45, 7) is 5.26. The van der Waals surface area contributed by atoms with Gasteiger partial charge in [0.05, 0.1) is 0 Å². The van der Waals surface area contributed by atoms with Gasteiger partial charge >= 0.3 is 0 Å². The lowest BCUT2D eigenvalue weighted by atomic mass is 10.2. The van der Waals surface area contributed by atoms with Crippen molar-refractivity contribution >= 4 is 27.5 Å². The molecule has 0 radical (unpaired) electrons. The summed E-state index contributed by atoms with van der Waals surface area (Å²) in [7, 11) is 0. The summed E-state index contributed by atoms with van der Waals surface area (Å²) in [6, 6.07) is 5.84. The molecule has 0 spiro atoms. The molecule has 4 heteroatoms. The number of aryl methyl sites for hydroxylation is 1. The van der Waals surface area contributed by atoms with Crippen LogP contribution in [0.15, 0.2) is 22.7 Å². The van der Waals surface area contributed by atoms with E-state index in [0.29, 0.717) is 19.6 Å². The Morgan fingerprint density at radius 1 is 1.47 bits per heavy atom. The van der Waals surface area contributed by atoms with Crippen LogP contribution in [0.3, 0.4) is 0 Å². The SMILES string of the molecule is CCOCCCC(=O)Nc1cc(Br)ccc1C. The molecule has 0 fully saturated rings. The third-order valence-electron chi connectivity index (χ3n) is 2.37. The Bertz CT molecular complexity index is 380. The molecule has 0 aliphatic rings. The summed E-state index contributed by atoms with van der Waals surface area (Å²) in [5.41, 5.74) is 1.92. The first-order valence-corrected chi connectivity index (χ1v) is 6.56. The zero-order chi connectivity index (χ0) is 12.7. The van der Waals surface area contributed by atoms with Crippen molar-refractivity contribution in [1.29, 1.82) is 0 Å². The smallest absolute Gasteiger partial charge is 0.224 e. The van der Waals surface area contributed by atoms with Crippen LogP contribution >= 0.6 is 15.9 Å². The van der Waals surface area contributed by atoms with Crippen LogP contribution in [-0.2, 0) is 9.53 Å². The lowest BCUT2D eigenvalue weighted by Gasteiger charge is -2.08. The Balaban J connectivity index is 2.42. The maximum atomic E-state index is 11.7. The summed E-state index contributed by atoms with van der Waals surface area (Å²) in [4.78, 5) is 11.7. The van der Waals surface area contributed by atoms with Crippen molar-refractivity contribution in [3.63, 3.8) is 0 Å². The van der Waals surface area contributed by atoms with Gasteiger partial charge in [-0.3, -0.25) is 4.79 Å². The van der Waals surface area contributed by atoms with Crippen LogP contribution in [0.4, 0.5) is 5.69 Å². The third kappa shape index (κ3) is 5.33. The second kappa shape index (κ2) is 7.45. The molecule has 1 N–H and O–H groups in total. The van der Waals surface area contributed by atoms with E-state index in [0.717, 1.165) is 22.1 Å². The Hall–Kier alpha value is -0.870. The molecule has 1 rings (SSSR count). The molecule has 0 heterocycles. The van der Waals surface area contributed by atoms with E-state index >= 15 is 0 Å². The fourth-order valence-electron chi connectivity index (χ4n) is 1.42. The van der Waals surface area contributed by atoms with E-state index in [2.05, 4.69) is 21.2 Å². The Morgan fingerprint density at radius 2 is 2.24 bits per heavy atom. The highest BCUT2D eigenvalue weighted by molar-refractivity contribution is 9.10. The number of carbonyl (C=O) groups is 1. The van der Waals surface area contributed by atoms with Crippen molar-refractivity contribution < 1.29 is 9.53 Å². The molecule has 0 atom stereocenters. The summed E-state index contributed by atoms with van der Waals surface area (Å²) < 4.78 is 6.15. The lowest BCUT2D eigenvalue weighted by Crippen LogP contribution is -2.13. The minimum Gasteiger partial charge on any atom is -0.382 e. The van der Waals surface area contributed by atoms with Gasteiger partial charge in [-0.05, 0) is 38.0 Å². The maximum Gasteiger partial charge on any atom is 0.224 e. The topological polar surface area (TPSA) is 38.3 Å². The summed E-state index contributed by atoms with van der Waals surface area (Å²) in [5.74, 6) is 0.0332. The molecule has 17 heavy (non-hydrogen) atoms.